The number of halogens is 1. The summed E-state index contributed by atoms with van der Waals surface area (Å²) in [6.45, 7) is 0. The number of ether oxygens (including phenoxy) is 2. The molecule has 0 aliphatic rings. The molecule has 30 heavy (non-hydrogen) atoms. The summed E-state index contributed by atoms with van der Waals surface area (Å²) in [5.41, 5.74) is 1.36. The van der Waals surface area contributed by atoms with Crippen molar-refractivity contribution in [3.05, 3.63) is 76.0 Å². The second-order valence-electron chi connectivity index (χ2n) is 6.25. The van der Waals surface area contributed by atoms with E-state index in [1.807, 2.05) is 0 Å². The van der Waals surface area contributed by atoms with Crippen LogP contribution in [0.3, 0.4) is 0 Å². The predicted molar refractivity (Wildman–Crippen MR) is 113 cm³/mol. The van der Waals surface area contributed by atoms with Crippen molar-refractivity contribution < 1.29 is 18.7 Å². The molecule has 3 rings (SSSR count). The third kappa shape index (κ3) is 5.84. The maximum Gasteiger partial charge on any atom is 0.251 e. The zero-order chi connectivity index (χ0) is 21.5. The van der Waals surface area contributed by atoms with Gasteiger partial charge in [-0.05, 0) is 29.8 Å². The van der Waals surface area contributed by atoms with Gasteiger partial charge in [-0.3, -0.25) is 9.59 Å². The second kappa shape index (κ2) is 9.93. The van der Waals surface area contributed by atoms with Crippen molar-refractivity contribution in [1.82, 2.24) is 9.97 Å². The van der Waals surface area contributed by atoms with E-state index >= 15 is 0 Å². The molecule has 7 nitrogen and oxygen atoms in total. The third-order valence-electron chi connectivity index (χ3n) is 4.09. The molecule has 2 N–H and O–H groups in total. The zero-order valence-electron chi connectivity index (χ0n) is 16.4. The van der Waals surface area contributed by atoms with Crippen LogP contribution in [0.15, 0.2) is 58.5 Å². The van der Waals surface area contributed by atoms with Gasteiger partial charge in [0.05, 0.1) is 32.0 Å². The summed E-state index contributed by atoms with van der Waals surface area (Å²) in [7, 11) is 3.03. The highest BCUT2D eigenvalue weighted by Crippen LogP contribution is 2.29. The van der Waals surface area contributed by atoms with Crippen molar-refractivity contribution in [3.63, 3.8) is 0 Å². The molecular weight excluding hydrogens is 409 g/mol. The molecule has 2 aromatic carbocycles. The molecule has 0 fully saturated rings. The van der Waals surface area contributed by atoms with Crippen LogP contribution in [0.5, 0.6) is 11.5 Å². The fourth-order valence-electron chi connectivity index (χ4n) is 2.64. The van der Waals surface area contributed by atoms with Gasteiger partial charge in [-0.2, -0.15) is 0 Å². The summed E-state index contributed by atoms with van der Waals surface area (Å²) in [5, 5.41) is 3.14. The minimum atomic E-state index is -0.351. The summed E-state index contributed by atoms with van der Waals surface area (Å²) in [6, 6.07) is 12.4. The Morgan fingerprint density at radius 1 is 1.13 bits per heavy atom. The molecule has 1 aromatic heterocycles. The van der Waals surface area contributed by atoms with Crippen LogP contribution < -0.4 is 20.3 Å². The Morgan fingerprint density at radius 3 is 2.60 bits per heavy atom. The topological polar surface area (TPSA) is 93.3 Å². The summed E-state index contributed by atoms with van der Waals surface area (Å²) >= 11 is 1.29. The number of benzene rings is 2. The average Bonchev–Trinajstić information content (AvgIpc) is 2.73. The molecule has 0 atom stereocenters. The maximum absolute atomic E-state index is 13.0. The molecule has 1 amide bonds. The van der Waals surface area contributed by atoms with Gasteiger partial charge in [0.1, 0.15) is 17.3 Å². The van der Waals surface area contributed by atoms with Crippen molar-refractivity contribution in [3.8, 4) is 11.5 Å². The summed E-state index contributed by atoms with van der Waals surface area (Å²) in [5.74, 6) is 0.908. The number of carbonyl (C=O) groups excluding carboxylic acids is 1. The van der Waals surface area contributed by atoms with Gasteiger partial charge in [0.15, 0.2) is 5.16 Å². The molecule has 0 aliphatic heterocycles. The van der Waals surface area contributed by atoms with Crippen molar-refractivity contribution in [2.24, 2.45) is 0 Å². The van der Waals surface area contributed by atoms with Crippen LogP contribution in [-0.2, 0) is 17.0 Å². The fourth-order valence-corrected chi connectivity index (χ4v) is 3.49. The number of aromatic nitrogens is 2. The molecule has 0 unspecified atom stereocenters. The number of H-pyrrole nitrogens is 1. The summed E-state index contributed by atoms with van der Waals surface area (Å²) < 4.78 is 23.4. The van der Waals surface area contributed by atoms with E-state index in [9.17, 15) is 14.0 Å². The number of rotatable bonds is 8. The first-order valence-electron chi connectivity index (χ1n) is 8.96. The molecule has 9 heteroatoms. The number of aromatic amines is 1. The molecule has 0 saturated heterocycles. The quantitative estimate of drug-likeness (QED) is 0.421. The minimum Gasteiger partial charge on any atom is -0.497 e. The van der Waals surface area contributed by atoms with Gasteiger partial charge >= 0.3 is 0 Å². The van der Waals surface area contributed by atoms with Crippen LogP contribution in [0.1, 0.15) is 11.3 Å². The zero-order valence-corrected chi connectivity index (χ0v) is 17.2. The number of amides is 1. The van der Waals surface area contributed by atoms with Gasteiger partial charge < -0.3 is 19.8 Å². The van der Waals surface area contributed by atoms with E-state index in [2.05, 4.69) is 15.3 Å². The SMILES string of the molecule is COc1ccc(NC(=O)Cc2cc(=O)[nH]c(SCc3ccc(F)cc3)n2)c(OC)c1. The van der Waals surface area contributed by atoms with E-state index in [1.54, 1.807) is 30.3 Å². The number of hydrogen-bond acceptors (Lipinski definition) is 6. The highest BCUT2D eigenvalue weighted by molar-refractivity contribution is 7.98. The van der Waals surface area contributed by atoms with Crippen molar-refractivity contribution in [2.45, 2.75) is 17.3 Å². The molecule has 0 bridgehead atoms. The molecule has 0 spiro atoms. The fraction of sp³-hybridized carbons (Fsp3) is 0.190. The van der Waals surface area contributed by atoms with Crippen LogP contribution in [0.4, 0.5) is 10.1 Å². The van der Waals surface area contributed by atoms with Crippen LogP contribution in [0.25, 0.3) is 0 Å². The van der Waals surface area contributed by atoms with Gasteiger partial charge in [-0.15, -0.1) is 0 Å². The van der Waals surface area contributed by atoms with Crippen molar-refractivity contribution >= 4 is 23.4 Å². The van der Waals surface area contributed by atoms with Gasteiger partial charge in [0, 0.05) is 17.9 Å². The molecule has 0 radical (unpaired) electrons. The van der Waals surface area contributed by atoms with Crippen molar-refractivity contribution in [1.29, 1.82) is 0 Å². The van der Waals surface area contributed by atoms with E-state index in [0.717, 1.165) is 5.56 Å². The van der Waals surface area contributed by atoms with E-state index in [-0.39, 0.29) is 23.7 Å². The van der Waals surface area contributed by atoms with E-state index < -0.39 is 0 Å². The number of nitrogens with one attached hydrogen (secondary N) is 2. The first-order chi connectivity index (χ1) is 14.5. The third-order valence-corrected chi connectivity index (χ3v) is 5.03. The van der Waals surface area contributed by atoms with Crippen LogP contribution in [0, 0.1) is 5.82 Å². The molecular formula is C21H20FN3O4S. The van der Waals surface area contributed by atoms with Gasteiger partial charge in [0.2, 0.25) is 5.91 Å². The lowest BCUT2D eigenvalue weighted by molar-refractivity contribution is -0.115. The first kappa shape index (κ1) is 21.4. The number of methoxy groups -OCH3 is 2. The molecule has 1 heterocycles. The predicted octanol–water partition coefficient (Wildman–Crippen LogP) is 3.40. The number of carbonyl (C=O) groups is 1. The maximum atomic E-state index is 13.0. The van der Waals surface area contributed by atoms with Gasteiger partial charge in [-0.25, -0.2) is 9.37 Å². The Morgan fingerprint density at radius 2 is 1.90 bits per heavy atom. The number of thioether (sulfide) groups is 1. The molecule has 0 saturated carbocycles. The lowest BCUT2D eigenvalue weighted by Crippen LogP contribution is -2.18. The summed E-state index contributed by atoms with van der Waals surface area (Å²) in [6.07, 6.45) is -0.0801. The van der Waals surface area contributed by atoms with Gasteiger partial charge in [0.25, 0.3) is 5.56 Å². The van der Waals surface area contributed by atoms with Crippen LogP contribution in [-0.4, -0.2) is 30.1 Å². The lowest BCUT2D eigenvalue weighted by atomic mass is 10.2. The number of nitrogens with zero attached hydrogens (tertiary/aromatic N) is 1. The Balaban J connectivity index is 1.67. The second-order valence-corrected chi connectivity index (χ2v) is 7.21. The number of anilines is 1. The molecule has 3 aromatic rings. The first-order valence-corrected chi connectivity index (χ1v) is 9.94. The monoisotopic (exact) mass is 429 g/mol. The van der Waals surface area contributed by atoms with Crippen LogP contribution >= 0.6 is 11.8 Å². The largest absolute Gasteiger partial charge is 0.497 e. The Hall–Kier alpha value is -3.33. The normalized spacial score (nSPS) is 10.5. The molecule has 0 aliphatic carbocycles. The highest BCUT2D eigenvalue weighted by atomic mass is 32.2. The van der Waals surface area contributed by atoms with E-state index in [1.165, 1.54) is 44.2 Å². The van der Waals surface area contributed by atoms with E-state index in [4.69, 9.17) is 9.47 Å². The lowest BCUT2D eigenvalue weighted by Gasteiger charge is -2.11. The van der Waals surface area contributed by atoms with E-state index in [0.29, 0.717) is 33.8 Å². The number of hydrogen-bond donors (Lipinski definition) is 2. The standard InChI is InChI=1S/C21H20FN3O4S/c1-28-16-7-8-17(18(11-16)29-2)24-19(26)9-15-10-20(27)25-21(23-15)30-12-13-3-5-14(22)6-4-13/h3-8,10-11H,9,12H2,1-2H3,(H,24,26)(H,23,25,27). The Bertz CT molecular complexity index is 1090. The van der Waals surface area contributed by atoms with Crippen molar-refractivity contribution in [2.75, 3.05) is 19.5 Å². The highest BCUT2D eigenvalue weighted by Gasteiger charge is 2.12. The summed E-state index contributed by atoms with van der Waals surface area (Å²) in [4.78, 5) is 31.4. The van der Waals surface area contributed by atoms with Crippen LogP contribution in [0.2, 0.25) is 0 Å². The smallest absolute Gasteiger partial charge is 0.251 e. The Kier molecular flexibility index (Phi) is 7.08. The minimum absolute atomic E-state index is 0.0801. The Labute approximate surface area is 176 Å². The molecule has 156 valence electrons. The van der Waals surface area contributed by atoms with Gasteiger partial charge in [-0.1, -0.05) is 23.9 Å². The average molecular weight is 429 g/mol.